The summed E-state index contributed by atoms with van der Waals surface area (Å²) < 4.78 is 2.12. The molecule has 5 nitrogen and oxygen atoms in total. The van der Waals surface area contributed by atoms with E-state index in [0.717, 1.165) is 35.5 Å². The normalized spacial score (nSPS) is 16.3. The van der Waals surface area contributed by atoms with Crippen molar-refractivity contribution in [2.24, 2.45) is 0 Å². The maximum absolute atomic E-state index is 14.2. The number of halogens is 2. The van der Waals surface area contributed by atoms with Crippen LogP contribution in [0.2, 0.25) is 10.0 Å². The number of para-hydroxylation sites is 2. The van der Waals surface area contributed by atoms with E-state index < -0.39 is 0 Å². The van der Waals surface area contributed by atoms with Gasteiger partial charge in [-0.2, -0.15) is 0 Å². The van der Waals surface area contributed by atoms with Crippen LogP contribution < -0.4 is 4.90 Å². The number of amides is 2. The Balaban J connectivity index is 1.42. The average Bonchev–Trinajstić information content (AvgIpc) is 3.62. The summed E-state index contributed by atoms with van der Waals surface area (Å²) in [6.07, 6.45) is 3.77. The lowest BCUT2D eigenvalue weighted by Gasteiger charge is -2.39. The first-order valence-electron chi connectivity index (χ1n) is 11.9. The maximum atomic E-state index is 14.2. The van der Waals surface area contributed by atoms with Gasteiger partial charge in [0.15, 0.2) is 0 Å². The average molecular weight is 516 g/mol. The van der Waals surface area contributed by atoms with Crippen molar-refractivity contribution in [2.75, 3.05) is 11.4 Å². The van der Waals surface area contributed by atoms with Gasteiger partial charge in [0, 0.05) is 17.3 Å². The van der Waals surface area contributed by atoms with E-state index in [2.05, 4.69) is 4.57 Å². The van der Waals surface area contributed by atoms with Gasteiger partial charge in [0.1, 0.15) is 12.6 Å². The fourth-order valence-electron chi connectivity index (χ4n) is 4.99. The van der Waals surface area contributed by atoms with Crippen molar-refractivity contribution < 1.29 is 9.59 Å². The van der Waals surface area contributed by atoms with Crippen LogP contribution in [0.5, 0.6) is 0 Å². The number of aromatic nitrogens is 1. The molecule has 4 aromatic rings. The zero-order valence-corrected chi connectivity index (χ0v) is 20.9. The van der Waals surface area contributed by atoms with E-state index in [1.165, 1.54) is 0 Å². The number of carbonyl (C=O) groups excluding carboxylic acids is 2. The van der Waals surface area contributed by atoms with Crippen molar-refractivity contribution in [3.63, 3.8) is 0 Å². The topological polar surface area (TPSA) is 45.6 Å². The third kappa shape index (κ3) is 3.98. The molecule has 1 aliphatic carbocycles. The number of nitrogens with zero attached hydrogens (tertiary/aromatic N) is 3. The number of hydrogen-bond donors (Lipinski definition) is 0. The summed E-state index contributed by atoms with van der Waals surface area (Å²) in [7, 11) is 0. The fraction of sp³-hybridized carbons (Fsp3) is 0.172. The Morgan fingerprint density at radius 3 is 2.25 bits per heavy atom. The maximum Gasteiger partial charge on any atom is 0.256 e. The van der Waals surface area contributed by atoms with Crippen LogP contribution in [0.25, 0.3) is 5.69 Å². The molecule has 1 aromatic heterocycles. The third-order valence-electron chi connectivity index (χ3n) is 6.83. The highest BCUT2D eigenvalue weighted by atomic mass is 35.5. The van der Waals surface area contributed by atoms with E-state index in [-0.39, 0.29) is 30.4 Å². The van der Waals surface area contributed by atoms with E-state index >= 15 is 0 Å². The lowest BCUT2D eigenvalue weighted by Crippen LogP contribution is -2.47. The molecule has 180 valence electrons. The van der Waals surface area contributed by atoms with Gasteiger partial charge in [0.25, 0.3) is 5.91 Å². The molecule has 0 spiro atoms. The summed E-state index contributed by atoms with van der Waals surface area (Å²) in [5, 5.41) is 1.02. The molecule has 1 fully saturated rings. The van der Waals surface area contributed by atoms with Crippen LogP contribution in [0.4, 0.5) is 5.69 Å². The molecule has 2 amide bonds. The SMILES string of the molecule is O=C(c1ccccc1Cl)N(CC(=O)N1c2ccccc2-n2cccc2C1c1ccc(Cl)cc1)C1CC1. The Morgan fingerprint density at radius 2 is 1.53 bits per heavy atom. The Kier molecular flexibility index (Phi) is 5.82. The molecule has 7 heteroatoms. The summed E-state index contributed by atoms with van der Waals surface area (Å²) in [6.45, 7) is -0.0339. The summed E-state index contributed by atoms with van der Waals surface area (Å²) in [6, 6.07) is 26.1. The predicted octanol–water partition coefficient (Wildman–Crippen LogP) is 6.52. The Morgan fingerprint density at radius 1 is 0.833 bits per heavy atom. The minimum atomic E-state index is -0.365. The molecular weight excluding hydrogens is 493 g/mol. The molecule has 1 atom stereocenters. The number of benzene rings is 3. The Hall–Kier alpha value is -3.54. The summed E-state index contributed by atoms with van der Waals surface area (Å²) in [5.74, 6) is -0.365. The minimum absolute atomic E-state index is 0.0339. The lowest BCUT2D eigenvalue weighted by atomic mass is 9.97. The second kappa shape index (κ2) is 9.16. The molecule has 2 heterocycles. The van der Waals surface area contributed by atoms with Crippen molar-refractivity contribution in [1.29, 1.82) is 0 Å². The summed E-state index contributed by atoms with van der Waals surface area (Å²) in [5.41, 5.74) is 4.05. The van der Waals surface area contributed by atoms with Gasteiger partial charge in [-0.25, -0.2) is 0 Å². The first-order chi connectivity index (χ1) is 17.5. The highest BCUT2D eigenvalue weighted by Crippen LogP contribution is 2.43. The van der Waals surface area contributed by atoms with E-state index in [0.29, 0.717) is 15.6 Å². The van der Waals surface area contributed by atoms with E-state index in [4.69, 9.17) is 23.2 Å². The molecule has 36 heavy (non-hydrogen) atoms. The Bertz CT molecular complexity index is 1460. The molecule has 0 saturated heterocycles. The summed E-state index contributed by atoms with van der Waals surface area (Å²) in [4.78, 5) is 31.2. The number of fused-ring (bicyclic) bond motifs is 3. The molecule has 6 rings (SSSR count). The van der Waals surface area contributed by atoms with Crippen LogP contribution in [0.1, 0.15) is 40.5 Å². The van der Waals surface area contributed by atoms with E-state index in [9.17, 15) is 9.59 Å². The highest BCUT2D eigenvalue weighted by molar-refractivity contribution is 6.33. The number of carbonyl (C=O) groups is 2. The smallest absolute Gasteiger partial charge is 0.256 e. The summed E-state index contributed by atoms with van der Waals surface area (Å²) >= 11 is 12.5. The van der Waals surface area contributed by atoms with Crippen LogP contribution in [0, 0.1) is 0 Å². The van der Waals surface area contributed by atoms with Crippen LogP contribution in [-0.4, -0.2) is 33.9 Å². The van der Waals surface area contributed by atoms with Gasteiger partial charge >= 0.3 is 0 Å². The number of hydrogen-bond acceptors (Lipinski definition) is 2. The van der Waals surface area contributed by atoms with Gasteiger partial charge in [0.05, 0.1) is 27.7 Å². The molecule has 1 unspecified atom stereocenters. The highest BCUT2D eigenvalue weighted by Gasteiger charge is 2.40. The van der Waals surface area contributed by atoms with Crippen molar-refractivity contribution in [3.8, 4) is 5.69 Å². The van der Waals surface area contributed by atoms with Crippen LogP contribution in [0.15, 0.2) is 91.1 Å². The molecule has 0 bridgehead atoms. The standard InChI is InChI=1S/C29H23Cl2N3O2/c30-20-13-11-19(12-14-20)28-26-10-5-17-32(26)24-8-3-4-9-25(24)34(28)27(35)18-33(21-15-16-21)29(36)22-6-1-2-7-23(22)31/h1-14,17,21,28H,15-16,18H2. The second-order valence-electron chi connectivity index (χ2n) is 9.15. The largest absolute Gasteiger partial charge is 0.326 e. The molecule has 1 saturated carbocycles. The van der Waals surface area contributed by atoms with E-state index in [1.807, 2.05) is 71.8 Å². The lowest BCUT2D eigenvalue weighted by molar-refractivity contribution is -0.119. The fourth-order valence-corrected chi connectivity index (χ4v) is 5.33. The second-order valence-corrected chi connectivity index (χ2v) is 10.00. The van der Waals surface area contributed by atoms with Crippen LogP contribution >= 0.6 is 23.2 Å². The zero-order chi connectivity index (χ0) is 24.8. The third-order valence-corrected chi connectivity index (χ3v) is 7.41. The molecular formula is C29H23Cl2N3O2. The zero-order valence-electron chi connectivity index (χ0n) is 19.4. The van der Waals surface area contributed by atoms with Gasteiger partial charge < -0.3 is 9.47 Å². The van der Waals surface area contributed by atoms with Gasteiger partial charge in [-0.3, -0.25) is 14.5 Å². The van der Waals surface area contributed by atoms with Gasteiger partial charge in [-0.1, -0.05) is 59.6 Å². The quantitative estimate of drug-likeness (QED) is 0.303. The molecule has 3 aromatic carbocycles. The van der Waals surface area contributed by atoms with Crippen molar-refractivity contribution in [2.45, 2.75) is 24.9 Å². The molecule has 0 radical (unpaired) electrons. The van der Waals surface area contributed by atoms with Gasteiger partial charge in [-0.15, -0.1) is 0 Å². The van der Waals surface area contributed by atoms with Gasteiger partial charge in [0.2, 0.25) is 5.91 Å². The van der Waals surface area contributed by atoms with Crippen molar-refractivity contribution in [3.05, 3.63) is 118 Å². The van der Waals surface area contributed by atoms with E-state index in [1.54, 1.807) is 29.2 Å². The monoisotopic (exact) mass is 515 g/mol. The van der Waals surface area contributed by atoms with Crippen molar-refractivity contribution >= 4 is 40.7 Å². The predicted molar refractivity (Wildman–Crippen MR) is 142 cm³/mol. The molecule has 1 aliphatic heterocycles. The van der Waals surface area contributed by atoms with Crippen molar-refractivity contribution in [1.82, 2.24) is 9.47 Å². The van der Waals surface area contributed by atoms with Crippen LogP contribution in [0.3, 0.4) is 0 Å². The number of anilines is 1. The first-order valence-corrected chi connectivity index (χ1v) is 12.7. The minimum Gasteiger partial charge on any atom is -0.326 e. The Labute approximate surface area is 219 Å². The van der Waals surface area contributed by atoms with Gasteiger partial charge in [-0.05, 0) is 66.9 Å². The molecule has 0 N–H and O–H groups in total. The first kappa shape index (κ1) is 22.9. The number of rotatable bonds is 5. The van der Waals surface area contributed by atoms with Crippen LogP contribution in [-0.2, 0) is 4.79 Å². The molecule has 2 aliphatic rings.